The van der Waals surface area contributed by atoms with Gasteiger partial charge in [-0.25, -0.2) is 4.39 Å². The monoisotopic (exact) mass is 612 g/mol. The van der Waals surface area contributed by atoms with E-state index in [-0.39, 0.29) is 23.5 Å². The molecule has 1 amide bonds. The molecule has 0 saturated heterocycles. The summed E-state index contributed by atoms with van der Waals surface area (Å²) in [4.78, 5) is 20.9. The minimum absolute atomic E-state index is 0.00491. The van der Waals surface area contributed by atoms with E-state index in [1.807, 2.05) is 74.8 Å². The van der Waals surface area contributed by atoms with Crippen molar-refractivity contribution in [1.82, 2.24) is 9.62 Å². The molecule has 240 valence electrons. The number of allylic oxidation sites excluding steroid dienone is 3. The third kappa shape index (κ3) is 18.0. The molecule has 0 bridgehead atoms. The molecule has 0 aliphatic heterocycles. The largest absolute Gasteiger partial charge is 0.356 e. The molecular weight excluding hydrogens is 555 g/mol. The number of halogens is 1. The first-order valence-corrected chi connectivity index (χ1v) is 17.2. The summed E-state index contributed by atoms with van der Waals surface area (Å²) in [6, 6.07) is 7.85. The van der Waals surface area contributed by atoms with Gasteiger partial charge in [-0.05, 0) is 63.5 Å². The fourth-order valence-corrected chi connectivity index (χ4v) is 5.51. The number of rotatable bonds is 23. The van der Waals surface area contributed by atoms with E-state index in [1.54, 1.807) is 11.9 Å². The second-order valence-corrected chi connectivity index (χ2v) is 12.3. The molecule has 1 N–H and O–H groups in total. The first-order valence-electron chi connectivity index (χ1n) is 16.4. The summed E-state index contributed by atoms with van der Waals surface area (Å²) in [5, 5.41) is 3.05. The molecule has 0 aliphatic rings. The van der Waals surface area contributed by atoms with E-state index in [4.69, 9.17) is 4.99 Å². The maximum absolute atomic E-state index is 15.8. The van der Waals surface area contributed by atoms with Gasteiger partial charge < -0.3 is 5.32 Å². The van der Waals surface area contributed by atoms with Crippen LogP contribution in [0.1, 0.15) is 110 Å². The van der Waals surface area contributed by atoms with E-state index in [0.29, 0.717) is 18.0 Å². The van der Waals surface area contributed by atoms with Crippen molar-refractivity contribution in [2.45, 2.75) is 105 Å². The van der Waals surface area contributed by atoms with Crippen LogP contribution in [0.4, 0.5) is 4.39 Å². The summed E-state index contributed by atoms with van der Waals surface area (Å²) in [5.74, 6) is 0.212. The summed E-state index contributed by atoms with van der Waals surface area (Å²) < 4.78 is 18.1. The summed E-state index contributed by atoms with van der Waals surface area (Å²) in [6.07, 6.45) is 20.8. The summed E-state index contributed by atoms with van der Waals surface area (Å²) in [7, 11) is 0. The zero-order valence-corrected chi connectivity index (χ0v) is 28.5. The number of carbonyl (C=O) groups excluding carboxylic acids is 1. The van der Waals surface area contributed by atoms with Crippen LogP contribution in [0.15, 0.2) is 58.3 Å². The lowest BCUT2D eigenvalue weighted by Gasteiger charge is -2.21. The van der Waals surface area contributed by atoms with E-state index in [0.717, 1.165) is 82.1 Å². The first-order chi connectivity index (χ1) is 20.9. The molecule has 7 heteroatoms. The maximum Gasteiger partial charge on any atom is 0.219 e. The summed E-state index contributed by atoms with van der Waals surface area (Å²) in [6.45, 7) is 15.1. The Hall–Kier alpha value is -2.51. The van der Waals surface area contributed by atoms with Crippen molar-refractivity contribution in [1.29, 1.82) is 0 Å². The van der Waals surface area contributed by atoms with Gasteiger partial charge >= 0.3 is 0 Å². The van der Waals surface area contributed by atoms with Gasteiger partial charge in [0, 0.05) is 44.0 Å². The standard InChI is InChI=1S/C36H57FN4OS/c1-7-12-14-21-31-22-17-23-33(26-31)36(34(37)29-38-28-32(18-9-3)20-13-8-2)40-27-30(6)43-41(11-5)25-16-15-24-39-35(42)19-10-4/h7,12,14,17,21-23,26-28,30,32H,8-11,13,15-16,18-20,24-25,29H2,1-6H3,(H,39,42)/b12-7+,21-14-,36-34+,38-28?,40-27?. The van der Waals surface area contributed by atoms with Gasteiger partial charge in [-0.3, -0.25) is 19.1 Å². The number of carbonyl (C=O) groups is 1. The van der Waals surface area contributed by atoms with Crippen LogP contribution in [0, 0.1) is 5.92 Å². The molecule has 1 aromatic carbocycles. The normalized spacial score (nSPS) is 14.4. The molecule has 0 aliphatic carbocycles. The molecule has 1 aromatic rings. The van der Waals surface area contributed by atoms with Crippen molar-refractivity contribution < 1.29 is 9.18 Å². The highest BCUT2D eigenvalue weighted by atomic mass is 32.2. The van der Waals surface area contributed by atoms with E-state index >= 15 is 4.39 Å². The molecule has 5 nitrogen and oxygen atoms in total. The zero-order valence-electron chi connectivity index (χ0n) is 27.7. The van der Waals surface area contributed by atoms with Gasteiger partial charge in [0.2, 0.25) is 5.91 Å². The molecule has 0 spiro atoms. The Morgan fingerprint density at radius 3 is 2.56 bits per heavy atom. The van der Waals surface area contributed by atoms with Crippen LogP contribution in [-0.2, 0) is 4.79 Å². The van der Waals surface area contributed by atoms with Gasteiger partial charge in [0.15, 0.2) is 0 Å². The van der Waals surface area contributed by atoms with Crippen LogP contribution < -0.4 is 5.32 Å². The second-order valence-electron chi connectivity index (χ2n) is 10.9. The number of benzene rings is 1. The molecule has 0 aromatic heterocycles. The molecule has 0 fully saturated rings. The quantitative estimate of drug-likeness (QED) is 0.0579. The van der Waals surface area contributed by atoms with E-state index in [9.17, 15) is 4.79 Å². The zero-order chi connectivity index (χ0) is 31.7. The van der Waals surface area contributed by atoms with Crippen LogP contribution in [0.25, 0.3) is 11.8 Å². The lowest BCUT2D eigenvalue weighted by molar-refractivity contribution is -0.121. The minimum atomic E-state index is -0.317. The number of hydrogen-bond donors (Lipinski definition) is 1. The Balaban J connectivity index is 3.03. The highest BCUT2D eigenvalue weighted by Crippen LogP contribution is 2.25. The lowest BCUT2D eigenvalue weighted by atomic mass is 9.98. The minimum Gasteiger partial charge on any atom is -0.356 e. The molecule has 2 unspecified atom stereocenters. The number of unbranched alkanes of at least 4 members (excludes halogenated alkanes) is 2. The molecule has 43 heavy (non-hydrogen) atoms. The molecule has 0 radical (unpaired) electrons. The fraction of sp³-hybridized carbons (Fsp3) is 0.583. The number of hydrogen-bond acceptors (Lipinski definition) is 5. The van der Waals surface area contributed by atoms with Crippen LogP contribution in [0.5, 0.6) is 0 Å². The average Bonchev–Trinajstić information content (AvgIpc) is 2.99. The fourth-order valence-electron chi connectivity index (χ4n) is 4.54. The molecule has 1 rings (SSSR count). The van der Waals surface area contributed by atoms with Gasteiger partial charge in [-0.2, -0.15) is 0 Å². The highest BCUT2D eigenvalue weighted by Gasteiger charge is 2.12. The van der Waals surface area contributed by atoms with Crippen molar-refractivity contribution in [2.24, 2.45) is 15.9 Å². The van der Waals surface area contributed by atoms with E-state index in [2.05, 4.69) is 42.3 Å². The third-order valence-electron chi connectivity index (χ3n) is 6.86. The van der Waals surface area contributed by atoms with Gasteiger partial charge in [0.25, 0.3) is 0 Å². The molecule has 0 heterocycles. The number of nitrogens with one attached hydrogen (secondary N) is 1. The van der Waals surface area contributed by atoms with Gasteiger partial charge in [0.05, 0.1) is 11.8 Å². The van der Waals surface area contributed by atoms with Crippen LogP contribution in [0.2, 0.25) is 0 Å². The Kier molecular flexibility index (Phi) is 22.3. The van der Waals surface area contributed by atoms with Crippen molar-refractivity contribution in [3.05, 3.63) is 59.4 Å². The Morgan fingerprint density at radius 1 is 1.05 bits per heavy atom. The molecule has 2 atom stereocenters. The second kappa shape index (κ2) is 24.9. The average molecular weight is 613 g/mol. The Morgan fingerprint density at radius 2 is 1.86 bits per heavy atom. The lowest BCUT2D eigenvalue weighted by Crippen LogP contribution is -2.25. The predicted octanol–water partition coefficient (Wildman–Crippen LogP) is 9.72. The molecular formula is C36H57FN4OS. The Bertz CT molecular complexity index is 1050. The van der Waals surface area contributed by atoms with Gasteiger partial charge in [-0.1, -0.05) is 101 Å². The van der Waals surface area contributed by atoms with Crippen molar-refractivity contribution >= 4 is 42.1 Å². The van der Waals surface area contributed by atoms with Gasteiger partial charge in [-0.15, -0.1) is 0 Å². The Labute approximate surface area is 266 Å². The van der Waals surface area contributed by atoms with Crippen molar-refractivity contribution in [3.63, 3.8) is 0 Å². The number of nitrogens with zero attached hydrogens (tertiary/aromatic N) is 3. The van der Waals surface area contributed by atoms with Crippen LogP contribution in [0.3, 0.4) is 0 Å². The first kappa shape index (κ1) is 38.5. The number of amides is 1. The van der Waals surface area contributed by atoms with Crippen molar-refractivity contribution in [3.8, 4) is 0 Å². The van der Waals surface area contributed by atoms with Crippen molar-refractivity contribution in [2.75, 3.05) is 26.2 Å². The van der Waals surface area contributed by atoms with E-state index in [1.165, 1.54) is 0 Å². The van der Waals surface area contributed by atoms with Crippen LogP contribution in [-0.4, -0.2) is 54.1 Å². The highest BCUT2D eigenvalue weighted by molar-refractivity contribution is 7.98. The summed E-state index contributed by atoms with van der Waals surface area (Å²) in [5.41, 5.74) is 2.09. The maximum atomic E-state index is 15.8. The summed E-state index contributed by atoms with van der Waals surface area (Å²) >= 11 is 1.72. The van der Waals surface area contributed by atoms with E-state index < -0.39 is 0 Å². The van der Waals surface area contributed by atoms with Crippen LogP contribution >= 0.6 is 11.9 Å². The molecule has 0 saturated carbocycles. The topological polar surface area (TPSA) is 57.1 Å². The smallest absolute Gasteiger partial charge is 0.219 e. The SMILES string of the molecule is C/C=C/C=C\c1cccc(/C(N=CC(C)SN(CC)CCCCNC(=O)CCC)=C(\F)CN=CC(CCC)CCCC)c1. The number of aliphatic imine (C=N–C) groups is 2. The predicted molar refractivity (Wildman–Crippen MR) is 190 cm³/mol. The third-order valence-corrected chi connectivity index (χ3v) is 8.05. The van der Waals surface area contributed by atoms with Gasteiger partial charge in [0.1, 0.15) is 11.5 Å².